The molecule has 0 amide bonds. The van der Waals surface area contributed by atoms with Gasteiger partial charge in [0, 0.05) is 43.6 Å². The SMILES string of the molecule is CC1(CO)CCN(Cc2ccc(OC3CCN3N3N=C(c4ccccc4)OC3C=O)cc2)C1. The van der Waals surface area contributed by atoms with Crippen LogP contribution in [0.1, 0.15) is 30.9 Å². The Morgan fingerprint density at radius 2 is 1.97 bits per heavy atom. The van der Waals surface area contributed by atoms with Gasteiger partial charge in [-0.2, -0.15) is 10.1 Å². The molecule has 3 aliphatic rings. The fourth-order valence-electron chi connectivity index (χ4n) is 4.51. The van der Waals surface area contributed by atoms with Crippen LogP contribution in [0, 0.1) is 5.41 Å². The monoisotopic (exact) mass is 450 g/mol. The second kappa shape index (κ2) is 9.13. The molecule has 5 rings (SSSR count). The molecule has 174 valence electrons. The molecule has 0 spiro atoms. The summed E-state index contributed by atoms with van der Waals surface area (Å²) in [4.78, 5) is 14.0. The Hall–Kier alpha value is -2.94. The first-order chi connectivity index (χ1) is 16.1. The average Bonchev–Trinajstić information content (AvgIpc) is 3.42. The summed E-state index contributed by atoms with van der Waals surface area (Å²) in [6.07, 6.45) is 1.62. The summed E-state index contributed by atoms with van der Waals surface area (Å²) < 4.78 is 11.9. The first-order valence-corrected chi connectivity index (χ1v) is 11.5. The van der Waals surface area contributed by atoms with Gasteiger partial charge in [0.2, 0.25) is 5.90 Å². The van der Waals surface area contributed by atoms with Gasteiger partial charge in [0.15, 0.2) is 12.5 Å². The van der Waals surface area contributed by atoms with Crippen molar-refractivity contribution >= 4 is 12.2 Å². The maximum atomic E-state index is 11.6. The summed E-state index contributed by atoms with van der Waals surface area (Å²) in [6.45, 7) is 5.91. The van der Waals surface area contributed by atoms with E-state index in [1.807, 2.05) is 47.5 Å². The summed E-state index contributed by atoms with van der Waals surface area (Å²) in [5.74, 6) is 1.21. The predicted molar refractivity (Wildman–Crippen MR) is 123 cm³/mol. The van der Waals surface area contributed by atoms with E-state index in [1.165, 1.54) is 5.56 Å². The zero-order valence-corrected chi connectivity index (χ0v) is 18.8. The standard InChI is InChI=1S/C25H30N4O4/c1-25(18-31)12-14-27(17-25)15-19-7-9-21(10-8-19)32-22-11-13-28(22)29-23(16-30)33-24(26-29)20-5-3-2-4-6-20/h2-10,16,22-23,31H,11-15,17-18H2,1H3. The number of hydrazone groups is 1. The highest BCUT2D eigenvalue weighted by Gasteiger charge is 2.42. The number of benzene rings is 2. The molecule has 3 heterocycles. The second-order valence-corrected chi connectivity index (χ2v) is 9.33. The average molecular weight is 451 g/mol. The van der Waals surface area contributed by atoms with Gasteiger partial charge in [-0.15, -0.1) is 5.10 Å². The number of aliphatic hydroxyl groups is 1. The van der Waals surface area contributed by atoms with E-state index in [-0.39, 0.29) is 18.2 Å². The molecular weight excluding hydrogens is 420 g/mol. The number of nitrogens with zero attached hydrogens (tertiary/aromatic N) is 4. The van der Waals surface area contributed by atoms with Crippen LogP contribution in [0.4, 0.5) is 0 Å². The van der Waals surface area contributed by atoms with E-state index in [0.717, 1.165) is 56.6 Å². The number of hydrogen-bond donors (Lipinski definition) is 1. The Morgan fingerprint density at radius 1 is 1.18 bits per heavy atom. The fraction of sp³-hybridized carbons (Fsp3) is 0.440. The lowest BCUT2D eigenvalue weighted by Crippen LogP contribution is -2.60. The molecule has 3 aliphatic heterocycles. The third-order valence-electron chi connectivity index (χ3n) is 6.61. The molecule has 2 aromatic rings. The van der Waals surface area contributed by atoms with Gasteiger partial charge in [-0.1, -0.05) is 37.3 Å². The lowest BCUT2D eigenvalue weighted by atomic mass is 9.91. The van der Waals surface area contributed by atoms with Crippen molar-refractivity contribution in [2.75, 3.05) is 26.2 Å². The molecule has 0 saturated carbocycles. The van der Waals surface area contributed by atoms with Gasteiger partial charge >= 0.3 is 0 Å². The highest BCUT2D eigenvalue weighted by atomic mass is 16.6. The van der Waals surface area contributed by atoms with E-state index in [1.54, 1.807) is 5.12 Å². The Kier molecular flexibility index (Phi) is 6.05. The summed E-state index contributed by atoms with van der Waals surface area (Å²) in [5.41, 5.74) is 2.07. The Bertz CT molecular complexity index is 999. The molecule has 0 bridgehead atoms. The Morgan fingerprint density at radius 3 is 2.61 bits per heavy atom. The summed E-state index contributed by atoms with van der Waals surface area (Å²) in [6, 6.07) is 17.7. The topological polar surface area (TPSA) is 77.8 Å². The van der Waals surface area contributed by atoms with E-state index < -0.39 is 6.23 Å². The molecule has 0 radical (unpaired) electrons. The van der Waals surface area contributed by atoms with E-state index in [0.29, 0.717) is 5.90 Å². The predicted octanol–water partition coefficient (Wildman–Crippen LogP) is 2.44. The van der Waals surface area contributed by atoms with E-state index in [4.69, 9.17) is 9.47 Å². The molecule has 0 aromatic heterocycles. The minimum atomic E-state index is -0.793. The van der Waals surface area contributed by atoms with Crippen LogP contribution in [0.15, 0.2) is 59.7 Å². The molecule has 2 fully saturated rings. The van der Waals surface area contributed by atoms with Crippen molar-refractivity contribution in [3.63, 3.8) is 0 Å². The van der Waals surface area contributed by atoms with Crippen molar-refractivity contribution in [3.8, 4) is 5.75 Å². The van der Waals surface area contributed by atoms with Gasteiger partial charge in [-0.25, -0.2) is 0 Å². The maximum Gasteiger partial charge on any atom is 0.260 e. The smallest absolute Gasteiger partial charge is 0.260 e. The van der Waals surface area contributed by atoms with E-state index in [2.05, 4.69) is 29.1 Å². The number of aldehydes is 1. The van der Waals surface area contributed by atoms with Gasteiger partial charge in [0.05, 0.1) is 0 Å². The van der Waals surface area contributed by atoms with Crippen LogP contribution >= 0.6 is 0 Å². The maximum absolute atomic E-state index is 11.6. The van der Waals surface area contributed by atoms with Gasteiger partial charge in [-0.05, 0) is 42.8 Å². The lowest BCUT2D eigenvalue weighted by Gasteiger charge is -2.44. The van der Waals surface area contributed by atoms with Crippen LogP contribution in [0.3, 0.4) is 0 Å². The molecule has 33 heavy (non-hydrogen) atoms. The van der Waals surface area contributed by atoms with Gasteiger partial charge < -0.3 is 14.6 Å². The van der Waals surface area contributed by atoms with Gasteiger partial charge in [0.25, 0.3) is 6.23 Å². The largest absolute Gasteiger partial charge is 0.473 e. The Labute approximate surface area is 194 Å². The minimum Gasteiger partial charge on any atom is -0.473 e. The van der Waals surface area contributed by atoms with Crippen molar-refractivity contribution in [2.45, 2.75) is 38.8 Å². The van der Waals surface area contributed by atoms with E-state index >= 15 is 0 Å². The first-order valence-electron chi connectivity index (χ1n) is 11.5. The number of likely N-dealkylation sites (tertiary alicyclic amines) is 1. The molecule has 8 nitrogen and oxygen atoms in total. The van der Waals surface area contributed by atoms with Crippen molar-refractivity contribution in [1.82, 2.24) is 15.0 Å². The number of carbonyl (C=O) groups is 1. The summed E-state index contributed by atoms with van der Waals surface area (Å²) in [7, 11) is 0. The van der Waals surface area contributed by atoms with Crippen molar-refractivity contribution < 1.29 is 19.4 Å². The number of hydrazine groups is 1. The van der Waals surface area contributed by atoms with Gasteiger partial charge in [-0.3, -0.25) is 9.69 Å². The summed E-state index contributed by atoms with van der Waals surface area (Å²) in [5, 5.41) is 17.6. The first kappa shape index (κ1) is 21.9. The van der Waals surface area contributed by atoms with Crippen molar-refractivity contribution in [2.24, 2.45) is 10.5 Å². The third-order valence-corrected chi connectivity index (χ3v) is 6.61. The Balaban J connectivity index is 1.20. The van der Waals surface area contributed by atoms with Crippen LogP contribution in [-0.2, 0) is 16.1 Å². The van der Waals surface area contributed by atoms with Gasteiger partial charge in [0.1, 0.15) is 5.75 Å². The minimum absolute atomic E-state index is 0.0122. The zero-order valence-electron chi connectivity index (χ0n) is 18.8. The zero-order chi connectivity index (χ0) is 22.8. The number of rotatable bonds is 8. The molecule has 2 saturated heterocycles. The quantitative estimate of drug-likeness (QED) is 0.619. The summed E-state index contributed by atoms with van der Waals surface area (Å²) >= 11 is 0. The number of hydrogen-bond acceptors (Lipinski definition) is 8. The van der Waals surface area contributed by atoms with Crippen molar-refractivity contribution in [1.29, 1.82) is 0 Å². The number of ether oxygens (including phenoxy) is 2. The van der Waals surface area contributed by atoms with Crippen LogP contribution in [0.25, 0.3) is 0 Å². The molecule has 0 aliphatic carbocycles. The molecule has 8 heteroatoms. The second-order valence-electron chi connectivity index (χ2n) is 9.33. The molecule has 3 unspecified atom stereocenters. The van der Waals surface area contributed by atoms with Crippen LogP contribution < -0.4 is 4.74 Å². The van der Waals surface area contributed by atoms with E-state index in [9.17, 15) is 9.90 Å². The number of carbonyl (C=O) groups excluding carboxylic acids is 1. The third kappa shape index (κ3) is 4.59. The lowest BCUT2D eigenvalue weighted by molar-refractivity contribution is -0.218. The normalized spacial score (nSPS) is 27.7. The van der Waals surface area contributed by atoms with Crippen LogP contribution in [-0.4, -0.2) is 71.0 Å². The van der Waals surface area contributed by atoms with Crippen LogP contribution in [0.5, 0.6) is 5.75 Å². The molecule has 2 aromatic carbocycles. The van der Waals surface area contributed by atoms with Crippen molar-refractivity contribution in [3.05, 3.63) is 65.7 Å². The fourth-order valence-corrected chi connectivity index (χ4v) is 4.51. The highest BCUT2D eigenvalue weighted by Crippen LogP contribution is 2.31. The highest BCUT2D eigenvalue weighted by molar-refractivity contribution is 5.95. The molecular formula is C25H30N4O4. The molecule has 1 N–H and O–H groups in total. The molecule has 3 atom stereocenters. The number of aliphatic hydroxyl groups excluding tert-OH is 1. The van der Waals surface area contributed by atoms with Crippen LogP contribution in [0.2, 0.25) is 0 Å².